The number of rotatable bonds is 6. The van der Waals surface area contributed by atoms with E-state index in [9.17, 15) is 9.90 Å². The highest BCUT2D eigenvalue weighted by Gasteiger charge is 2.28. The number of amides is 2. The number of nitrogens with zero attached hydrogens (tertiary/aromatic N) is 2. The molecule has 0 radical (unpaired) electrons. The maximum atomic E-state index is 13.1. The molecule has 31 heavy (non-hydrogen) atoms. The molecule has 1 aliphatic rings. The van der Waals surface area contributed by atoms with Crippen LogP contribution >= 0.6 is 0 Å². The number of carbonyl (C=O) groups is 1. The van der Waals surface area contributed by atoms with Crippen molar-refractivity contribution in [3.05, 3.63) is 59.9 Å². The van der Waals surface area contributed by atoms with Gasteiger partial charge in [0.15, 0.2) is 0 Å². The molecule has 0 aliphatic heterocycles. The molecule has 2 aromatic carbocycles. The van der Waals surface area contributed by atoms with Crippen molar-refractivity contribution in [3.63, 3.8) is 0 Å². The Balaban J connectivity index is 1.54. The van der Waals surface area contributed by atoms with E-state index in [1.54, 1.807) is 12.0 Å². The van der Waals surface area contributed by atoms with E-state index in [-0.39, 0.29) is 24.2 Å². The Morgan fingerprint density at radius 3 is 2.58 bits per heavy atom. The Kier molecular flexibility index (Phi) is 6.42. The van der Waals surface area contributed by atoms with Crippen LogP contribution in [0.1, 0.15) is 43.1 Å². The van der Waals surface area contributed by atoms with Crippen molar-refractivity contribution in [1.29, 1.82) is 0 Å². The average molecular weight is 423 g/mol. The van der Waals surface area contributed by atoms with Crippen molar-refractivity contribution in [1.82, 2.24) is 20.2 Å². The van der Waals surface area contributed by atoms with Gasteiger partial charge in [0.25, 0.3) is 0 Å². The number of hydrogen-bond acceptors (Lipinski definition) is 4. The fraction of sp³-hybridized carbons (Fsp3) is 0.417. The summed E-state index contributed by atoms with van der Waals surface area (Å²) in [5.41, 5.74) is 2.90. The summed E-state index contributed by atoms with van der Waals surface area (Å²) in [4.78, 5) is 23.0. The molecule has 2 amide bonds. The largest absolute Gasteiger partial charge is 0.497 e. The highest BCUT2D eigenvalue weighted by atomic mass is 16.5. The Hall–Kier alpha value is -3.06. The lowest BCUT2D eigenvalue weighted by Gasteiger charge is -2.34. The molecular formula is C24H30N4O3. The lowest BCUT2D eigenvalue weighted by Crippen LogP contribution is -2.47. The molecular weight excluding hydrogens is 392 g/mol. The number of nitrogens with one attached hydrogen (secondary N) is 2. The molecule has 164 valence electrons. The number of para-hydroxylation sites is 2. The van der Waals surface area contributed by atoms with Crippen LogP contribution in [0.4, 0.5) is 4.79 Å². The number of carbonyl (C=O) groups excluding carboxylic acids is 1. The second-order valence-corrected chi connectivity index (χ2v) is 8.27. The van der Waals surface area contributed by atoms with Gasteiger partial charge in [0, 0.05) is 13.1 Å². The van der Waals surface area contributed by atoms with Crippen molar-refractivity contribution in [2.24, 2.45) is 0 Å². The number of aliphatic hydroxyl groups is 1. The second kappa shape index (κ2) is 9.39. The SMILES string of the molecule is COc1ccc(CC(NC(=O)N(C)C2CCC(O)CC2)c2nc3ccccc3[nH]2)cc1. The maximum absolute atomic E-state index is 13.1. The van der Waals surface area contributed by atoms with Gasteiger partial charge in [0.1, 0.15) is 11.6 Å². The maximum Gasteiger partial charge on any atom is 0.317 e. The van der Waals surface area contributed by atoms with Gasteiger partial charge < -0.3 is 25.0 Å². The van der Waals surface area contributed by atoms with Crippen molar-refractivity contribution >= 4 is 17.1 Å². The van der Waals surface area contributed by atoms with Gasteiger partial charge in [0.2, 0.25) is 0 Å². The number of methoxy groups -OCH3 is 1. The van der Waals surface area contributed by atoms with Crippen molar-refractivity contribution < 1.29 is 14.6 Å². The summed E-state index contributed by atoms with van der Waals surface area (Å²) in [6.07, 6.45) is 3.47. The van der Waals surface area contributed by atoms with E-state index >= 15 is 0 Å². The number of benzene rings is 2. The molecule has 1 aliphatic carbocycles. The number of imidazole rings is 1. The molecule has 7 nitrogen and oxygen atoms in total. The topological polar surface area (TPSA) is 90.5 Å². The van der Waals surface area contributed by atoms with E-state index in [0.29, 0.717) is 6.42 Å². The summed E-state index contributed by atoms with van der Waals surface area (Å²) >= 11 is 0. The van der Waals surface area contributed by atoms with Gasteiger partial charge in [-0.3, -0.25) is 0 Å². The van der Waals surface area contributed by atoms with Gasteiger partial charge in [-0.05, 0) is 61.9 Å². The zero-order valence-corrected chi connectivity index (χ0v) is 18.0. The van der Waals surface area contributed by atoms with Crippen LogP contribution < -0.4 is 10.1 Å². The minimum Gasteiger partial charge on any atom is -0.497 e. The first kappa shape index (κ1) is 21.2. The molecule has 0 saturated heterocycles. The Bertz CT molecular complexity index is 976. The van der Waals surface area contributed by atoms with E-state index in [1.807, 2.05) is 55.6 Å². The second-order valence-electron chi connectivity index (χ2n) is 8.27. The molecule has 1 heterocycles. The third kappa shape index (κ3) is 4.99. The van der Waals surface area contributed by atoms with E-state index in [2.05, 4.69) is 10.3 Å². The van der Waals surface area contributed by atoms with E-state index in [1.165, 1.54) is 0 Å². The highest BCUT2D eigenvalue weighted by molar-refractivity contribution is 5.76. The number of ether oxygens (including phenoxy) is 1. The van der Waals surface area contributed by atoms with Crippen molar-refractivity contribution in [2.75, 3.05) is 14.2 Å². The van der Waals surface area contributed by atoms with Crippen LogP contribution in [0.2, 0.25) is 0 Å². The van der Waals surface area contributed by atoms with Crippen LogP contribution in [-0.4, -0.2) is 52.3 Å². The van der Waals surface area contributed by atoms with Gasteiger partial charge in [-0.1, -0.05) is 24.3 Å². The van der Waals surface area contributed by atoms with Crippen LogP contribution in [0.3, 0.4) is 0 Å². The van der Waals surface area contributed by atoms with E-state index in [4.69, 9.17) is 9.72 Å². The average Bonchev–Trinajstić information content (AvgIpc) is 3.23. The van der Waals surface area contributed by atoms with Crippen LogP contribution in [0.25, 0.3) is 11.0 Å². The fourth-order valence-electron chi connectivity index (χ4n) is 4.21. The number of fused-ring (bicyclic) bond motifs is 1. The zero-order valence-electron chi connectivity index (χ0n) is 18.0. The fourth-order valence-corrected chi connectivity index (χ4v) is 4.21. The van der Waals surface area contributed by atoms with Gasteiger partial charge in [-0.15, -0.1) is 0 Å². The number of aromatic nitrogens is 2. The Labute approximate surface area is 182 Å². The predicted octanol–water partition coefficient (Wildman–Crippen LogP) is 3.80. The van der Waals surface area contributed by atoms with Crippen LogP contribution in [0.5, 0.6) is 5.75 Å². The minimum absolute atomic E-state index is 0.125. The lowest BCUT2D eigenvalue weighted by molar-refractivity contribution is 0.0911. The molecule has 0 bridgehead atoms. The quantitative estimate of drug-likeness (QED) is 0.564. The summed E-state index contributed by atoms with van der Waals surface area (Å²) in [6.45, 7) is 0. The third-order valence-electron chi connectivity index (χ3n) is 6.17. The van der Waals surface area contributed by atoms with Crippen molar-refractivity contribution in [3.8, 4) is 5.75 Å². The summed E-state index contributed by atoms with van der Waals surface area (Å²) in [7, 11) is 3.48. The molecule has 3 aromatic rings. The molecule has 1 fully saturated rings. The summed E-state index contributed by atoms with van der Waals surface area (Å²) in [5.74, 6) is 1.53. The lowest BCUT2D eigenvalue weighted by atomic mass is 9.92. The van der Waals surface area contributed by atoms with Crippen LogP contribution in [0.15, 0.2) is 48.5 Å². The van der Waals surface area contributed by atoms with Gasteiger partial charge >= 0.3 is 6.03 Å². The monoisotopic (exact) mass is 422 g/mol. The van der Waals surface area contributed by atoms with E-state index in [0.717, 1.165) is 53.9 Å². The minimum atomic E-state index is -0.301. The van der Waals surface area contributed by atoms with Gasteiger partial charge in [-0.2, -0.15) is 0 Å². The standard InChI is InChI=1S/C24H30N4O3/c1-28(17-9-11-18(29)12-10-17)24(30)27-22(15-16-7-13-19(31-2)14-8-16)23-25-20-5-3-4-6-21(20)26-23/h3-8,13-14,17-18,22,29H,9-12,15H2,1-2H3,(H,25,26)(H,27,30). The van der Waals surface area contributed by atoms with Gasteiger partial charge in [-0.25, -0.2) is 9.78 Å². The summed E-state index contributed by atoms with van der Waals surface area (Å²) in [5, 5.41) is 13.0. The Morgan fingerprint density at radius 2 is 1.90 bits per heavy atom. The highest BCUT2D eigenvalue weighted by Crippen LogP contribution is 2.24. The van der Waals surface area contributed by atoms with E-state index < -0.39 is 0 Å². The summed E-state index contributed by atoms with van der Waals surface area (Å²) in [6, 6.07) is 15.4. The molecule has 1 saturated carbocycles. The molecule has 7 heteroatoms. The molecule has 3 N–H and O–H groups in total. The van der Waals surface area contributed by atoms with Crippen LogP contribution in [0, 0.1) is 0 Å². The summed E-state index contributed by atoms with van der Waals surface area (Å²) < 4.78 is 5.26. The number of urea groups is 1. The number of hydrogen-bond donors (Lipinski definition) is 3. The van der Waals surface area contributed by atoms with Crippen LogP contribution in [-0.2, 0) is 6.42 Å². The first-order valence-corrected chi connectivity index (χ1v) is 10.8. The normalized spacial score (nSPS) is 19.7. The Morgan fingerprint density at radius 1 is 1.19 bits per heavy atom. The third-order valence-corrected chi connectivity index (χ3v) is 6.17. The molecule has 4 rings (SSSR count). The molecule has 0 spiro atoms. The van der Waals surface area contributed by atoms with Gasteiger partial charge in [0.05, 0.1) is 30.3 Å². The first-order chi connectivity index (χ1) is 15.0. The zero-order chi connectivity index (χ0) is 21.8. The first-order valence-electron chi connectivity index (χ1n) is 10.8. The molecule has 1 unspecified atom stereocenters. The number of aliphatic hydroxyl groups excluding tert-OH is 1. The number of H-pyrrole nitrogens is 1. The van der Waals surface area contributed by atoms with Crippen molar-refractivity contribution in [2.45, 2.75) is 50.3 Å². The predicted molar refractivity (Wildman–Crippen MR) is 120 cm³/mol. The molecule has 1 aromatic heterocycles. The molecule has 1 atom stereocenters. The number of aromatic amines is 1. The smallest absolute Gasteiger partial charge is 0.317 e.